The second kappa shape index (κ2) is 5.18. The van der Waals surface area contributed by atoms with E-state index in [2.05, 4.69) is 16.3 Å². The summed E-state index contributed by atoms with van der Waals surface area (Å²) in [5.41, 5.74) is 1.34. The van der Waals surface area contributed by atoms with Gasteiger partial charge in [-0.3, -0.25) is 0 Å². The van der Waals surface area contributed by atoms with E-state index >= 15 is 0 Å². The van der Waals surface area contributed by atoms with Gasteiger partial charge in [0.1, 0.15) is 0 Å². The number of hydrogen-bond acceptors (Lipinski definition) is 6. The molecular weight excluding hydrogens is 284 g/mol. The third kappa shape index (κ3) is 2.71. The van der Waals surface area contributed by atoms with Gasteiger partial charge in [0.05, 0.1) is 4.88 Å². The van der Waals surface area contributed by atoms with Crippen LogP contribution in [0.4, 0.5) is 0 Å². The Morgan fingerprint density at radius 1 is 1.47 bits per heavy atom. The SMILES string of the molecule is O=C(O)/C=C/c1nnc(-c2cc3c(s2)CCSC3)o1. The highest BCUT2D eigenvalue weighted by Gasteiger charge is 2.17. The van der Waals surface area contributed by atoms with Gasteiger partial charge < -0.3 is 9.52 Å². The van der Waals surface area contributed by atoms with E-state index in [9.17, 15) is 4.79 Å². The van der Waals surface area contributed by atoms with Crippen molar-refractivity contribution in [1.29, 1.82) is 0 Å². The van der Waals surface area contributed by atoms with Crippen LogP contribution < -0.4 is 0 Å². The molecule has 1 aliphatic heterocycles. The molecular formula is C12H10N2O3S2. The van der Waals surface area contributed by atoms with Gasteiger partial charge >= 0.3 is 5.97 Å². The van der Waals surface area contributed by atoms with Gasteiger partial charge in [0.2, 0.25) is 5.89 Å². The van der Waals surface area contributed by atoms with Crippen molar-refractivity contribution in [3.63, 3.8) is 0 Å². The van der Waals surface area contributed by atoms with Crippen LogP contribution in [0.5, 0.6) is 0 Å². The maximum absolute atomic E-state index is 10.4. The zero-order chi connectivity index (χ0) is 13.2. The fourth-order valence-electron chi connectivity index (χ4n) is 1.80. The number of aliphatic carboxylic acids is 1. The van der Waals surface area contributed by atoms with E-state index in [-0.39, 0.29) is 5.89 Å². The molecule has 1 aliphatic rings. The van der Waals surface area contributed by atoms with Crippen LogP contribution in [0, 0.1) is 0 Å². The van der Waals surface area contributed by atoms with E-state index in [1.165, 1.54) is 16.5 Å². The number of carboxylic acids is 1. The first-order valence-corrected chi connectivity index (χ1v) is 7.64. The van der Waals surface area contributed by atoms with Crippen molar-refractivity contribution in [1.82, 2.24) is 10.2 Å². The first-order valence-electron chi connectivity index (χ1n) is 5.66. The van der Waals surface area contributed by atoms with E-state index in [0.717, 1.165) is 28.9 Å². The lowest BCUT2D eigenvalue weighted by atomic mass is 10.2. The second-order valence-corrected chi connectivity index (χ2v) is 6.22. The summed E-state index contributed by atoms with van der Waals surface area (Å²) in [6.07, 6.45) is 3.36. The standard InChI is InChI=1S/C12H10N2O3S2/c15-11(16)2-1-10-13-14-12(17-10)9-5-7-6-18-4-3-8(7)19-9/h1-2,5H,3-4,6H2,(H,15,16)/b2-1+. The molecule has 5 nitrogen and oxygen atoms in total. The third-order valence-corrected chi connectivity index (χ3v) is 4.88. The first-order chi connectivity index (χ1) is 9.22. The number of hydrogen-bond donors (Lipinski definition) is 1. The Kier molecular flexibility index (Phi) is 3.39. The largest absolute Gasteiger partial charge is 0.478 e. The van der Waals surface area contributed by atoms with Crippen LogP contribution in [0.15, 0.2) is 16.6 Å². The molecule has 0 unspecified atom stereocenters. The van der Waals surface area contributed by atoms with Crippen molar-refractivity contribution in [2.24, 2.45) is 0 Å². The number of rotatable bonds is 3. The van der Waals surface area contributed by atoms with Gasteiger partial charge in [-0.15, -0.1) is 21.5 Å². The smallest absolute Gasteiger partial charge is 0.328 e. The summed E-state index contributed by atoms with van der Waals surface area (Å²) in [4.78, 5) is 12.7. The molecule has 3 heterocycles. The molecule has 3 rings (SSSR count). The number of carboxylic acid groups (broad SMARTS) is 1. The van der Waals surface area contributed by atoms with Crippen molar-refractivity contribution in [2.45, 2.75) is 12.2 Å². The lowest BCUT2D eigenvalue weighted by Gasteiger charge is -2.08. The average molecular weight is 294 g/mol. The monoisotopic (exact) mass is 294 g/mol. The minimum absolute atomic E-state index is 0.207. The Balaban J connectivity index is 1.86. The van der Waals surface area contributed by atoms with Gasteiger partial charge in [-0.25, -0.2) is 4.79 Å². The van der Waals surface area contributed by atoms with E-state index in [4.69, 9.17) is 9.52 Å². The summed E-state index contributed by atoms with van der Waals surface area (Å²) < 4.78 is 5.43. The number of carbonyl (C=O) groups is 1. The summed E-state index contributed by atoms with van der Waals surface area (Å²) in [7, 11) is 0. The van der Waals surface area contributed by atoms with Gasteiger partial charge in [0.15, 0.2) is 0 Å². The quantitative estimate of drug-likeness (QED) is 0.877. The number of nitrogens with zero attached hydrogens (tertiary/aromatic N) is 2. The van der Waals surface area contributed by atoms with Gasteiger partial charge in [0.25, 0.3) is 5.89 Å². The molecule has 1 N–H and O–H groups in total. The molecule has 0 amide bonds. The molecule has 0 fully saturated rings. The second-order valence-electron chi connectivity index (χ2n) is 3.98. The maximum Gasteiger partial charge on any atom is 0.328 e. The molecule has 0 aliphatic carbocycles. The van der Waals surface area contributed by atoms with Crippen LogP contribution >= 0.6 is 23.1 Å². The zero-order valence-electron chi connectivity index (χ0n) is 9.83. The molecule has 2 aromatic heterocycles. The van der Waals surface area contributed by atoms with E-state index in [1.54, 1.807) is 11.3 Å². The van der Waals surface area contributed by atoms with Crippen LogP contribution in [0.1, 0.15) is 16.3 Å². The normalized spacial score (nSPS) is 14.7. The van der Waals surface area contributed by atoms with E-state index in [0.29, 0.717) is 5.89 Å². The Morgan fingerprint density at radius 3 is 3.16 bits per heavy atom. The third-order valence-electron chi connectivity index (χ3n) is 2.65. The van der Waals surface area contributed by atoms with Crippen LogP contribution in [0.3, 0.4) is 0 Å². The van der Waals surface area contributed by atoms with Gasteiger partial charge in [-0.1, -0.05) is 0 Å². The van der Waals surface area contributed by atoms with Crippen LogP contribution in [-0.2, 0) is 17.0 Å². The molecule has 0 spiro atoms. The molecule has 7 heteroatoms. The summed E-state index contributed by atoms with van der Waals surface area (Å²) in [5.74, 6) is 1.81. The molecule has 0 aromatic carbocycles. The summed E-state index contributed by atoms with van der Waals surface area (Å²) in [6.45, 7) is 0. The fraction of sp³-hybridized carbons (Fsp3) is 0.250. The molecule has 98 valence electrons. The van der Waals surface area contributed by atoms with Crippen LogP contribution in [0.25, 0.3) is 16.8 Å². The Labute approximate surface area is 117 Å². The lowest BCUT2D eigenvalue weighted by Crippen LogP contribution is -1.96. The minimum atomic E-state index is -1.04. The van der Waals surface area contributed by atoms with Crippen molar-refractivity contribution >= 4 is 35.1 Å². The topological polar surface area (TPSA) is 76.2 Å². The van der Waals surface area contributed by atoms with E-state index in [1.807, 2.05) is 11.8 Å². The van der Waals surface area contributed by atoms with Crippen molar-refractivity contribution in [2.75, 3.05) is 5.75 Å². The fourth-order valence-corrected chi connectivity index (χ4v) is 4.09. The van der Waals surface area contributed by atoms with Gasteiger partial charge in [-0.2, -0.15) is 11.8 Å². The molecule has 0 radical (unpaired) electrons. The highest BCUT2D eigenvalue weighted by molar-refractivity contribution is 7.98. The number of fused-ring (bicyclic) bond motifs is 1. The highest BCUT2D eigenvalue weighted by Crippen LogP contribution is 2.36. The molecule has 19 heavy (non-hydrogen) atoms. The summed E-state index contributed by atoms with van der Waals surface area (Å²) in [6, 6.07) is 2.09. The maximum atomic E-state index is 10.4. The van der Waals surface area contributed by atoms with E-state index < -0.39 is 5.97 Å². The Hall–Kier alpha value is -1.60. The minimum Gasteiger partial charge on any atom is -0.478 e. The zero-order valence-corrected chi connectivity index (χ0v) is 11.5. The highest BCUT2D eigenvalue weighted by atomic mass is 32.2. The molecule has 0 saturated heterocycles. The molecule has 0 saturated carbocycles. The van der Waals surface area contributed by atoms with Crippen LogP contribution in [0.2, 0.25) is 0 Å². The summed E-state index contributed by atoms with van der Waals surface area (Å²) in [5, 5.41) is 16.3. The number of aryl methyl sites for hydroxylation is 1. The predicted octanol–water partition coefficient (Wildman–Crippen LogP) is 2.69. The Bertz CT molecular complexity index is 622. The molecule has 0 atom stereocenters. The van der Waals surface area contributed by atoms with Crippen molar-refractivity contribution < 1.29 is 14.3 Å². The summed E-state index contributed by atoms with van der Waals surface area (Å²) >= 11 is 3.60. The van der Waals surface area contributed by atoms with Crippen molar-refractivity contribution in [3.8, 4) is 10.8 Å². The van der Waals surface area contributed by atoms with Crippen LogP contribution in [-0.4, -0.2) is 27.0 Å². The molecule has 2 aromatic rings. The number of thiophene rings is 1. The van der Waals surface area contributed by atoms with Gasteiger partial charge in [0, 0.05) is 22.8 Å². The Morgan fingerprint density at radius 2 is 2.37 bits per heavy atom. The van der Waals surface area contributed by atoms with Gasteiger partial charge in [-0.05, 0) is 23.8 Å². The lowest BCUT2D eigenvalue weighted by molar-refractivity contribution is -0.131. The number of aromatic nitrogens is 2. The average Bonchev–Trinajstić information content (AvgIpc) is 3.02. The molecule has 0 bridgehead atoms. The first kappa shape index (κ1) is 12.4. The number of thioether (sulfide) groups is 1. The van der Waals surface area contributed by atoms with Crippen molar-refractivity contribution in [3.05, 3.63) is 28.5 Å². The predicted molar refractivity (Wildman–Crippen MR) is 74.1 cm³/mol.